The topological polar surface area (TPSA) is 83.5 Å². The number of rotatable bonds is 7. The first-order chi connectivity index (χ1) is 7.96. The molecule has 0 spiro atoms. The summed E-state index contributed by atoms with van der Waals surface area (Å²) >= 11 is 1.17. The van der Waals surface area contributed by atoms with E-state index in [9.17, 15) is 13.2 Å². The van der Waals surface area contributed by atoms with Crippen molar-refractivity contribution in [3.8, 4) is 0 Å². The lowest BCUT2D eigenvalue weighted by molar-refractivity contribution is 0.0701. The highest BCUT2D eigenvalue weighted by Crippen LogP contribution is 2.16. The van der Waals surface area contributed by atoms with Gasteiger partial charge in [-0.15, -0.1) is 11.3 Å². The van der Waals surface area contributed by atoms with Crippen LogP contribution in [0.3, 0.4) is 0 Å². The van der Waals surface area contributed by atoms with Gasteiger partial charge in [0.15, 0.2) is 9.84 Å². The molecule has 2 N–H and O–H groups in total. The third-order valence-corrected chi connectivity index (χ3v) is 4.94. The zero-order valence-electron chi connectivity index (χ0n) is 9.47. The van der Waals surface area contributed by atoms with Crippen molar-refractivity contribution in [2.75, 3.05) is 18.1 Å². The van der Waals surface area contributed by atoms with Crippen molar-refractivity contribution in [2.45, 2.75) is 13.5 Å². The summed E-state index contributed by atoms with van der Waals surface area (Å²) in [5.74, 6) is -0.734. The van der Waals surface area contributed by atoms with Crippen molar-refractivity contribution in [3.05, 3.63) is 21.9 Å². The van der Waals surface area contributed by atoms with Crippen molar-refractivity contribution < 1.29 is 18.3 Å². The van der Waals surface area contributed by atoms with Crippen molar-refractivity contribution in [2.24, 2.45) is 0 Å². The Balaban J connectivity index is 2.42. The van der Waals surface area contributed by atoms with Crippen molar-refractivity contribution in [3.63, 3.8) is 0 Å². The number of hydrogen-bond acceptors (Lipinski definition) is 5. The summed E-state index contributed by atoms with van der Waals surface area (Å²) in [5.41, 5.74) is 0.691. The van der Waals surface area contributed by atoms with E-state index in [-0.39, 0.29) is 11.5 Å². The van der Waals surface area contributed by atoms with Crippen molar-refractivity contribution >= 4 is 27.1 Å². The smallest absolute Gasteiger partial charge is 0.346 e. The number of aromatic carboxylic acids is 1. The molecule has 0 amide bonds. The molecule has 5 nitrogen and oxygen atoms in total. The Labute approximate surface area is 104 Å². The molecule has 17 heavy (non-hydrogen) atoms. The van der Waals surface area contributed by atoms with E-state index in [4.69, 9.17) is 5.11 Å². The van der Waals surface area contributed by atoms with Crippen LogP contribution < -0.4 is 5.32 Å². The highest BCUT2D eigenvalue weighted by molar-refractivity contribution is 7.91. The van der Waals surface area contributed by atoms with E-state index in [0.29, 0.717) is 23.5 Å². The van der Waals surface area contributed by atoms with Crippen LogP contribution in [0.15, 0.2) is 11.4 Å². The predicted molar refractivity (Wildman–Crippen MR) is 67.3 cm³/mol. The van der Waals surface area contributed by atoms with Crippen LogP contribution in [0.2, 0.25) is 0 Å². The molecule has 0 atom stereocenters. The minimum Gasteiger partial charge on any atom is -0.477 e. The van der Waals surface area contributed by atoms with E-state index in [1.807, 2.05) is 0 Å². The summed E-state index contributed by atoms with van der Waals surface area (Å²) in [4.78, 5) is 11.1. The fourth-order valence-corrected chi connectivity index (χ4v) is 2.76. The molecule has 1 aromatic rings. The van der Waals surface area contributed by atoms with E-state index in [2.05, 4.69) is 5.32 Å². The average molecular weight is 277 g/mol. The minimum absolute atomic E-state index is 0.0794. The maximum atomic E-state index is 11.2. The summed E-state index contributed by atoms with van der Waals surface area (Å²) in [6, 6.07) is 1.73. The number of carbonyl (C=O) groups is 1. The van der Waals surface area contributed by atoms with Crippen LogP contribution in [-0.2, 0) is 16.4 Å². The van der Waals surface area contributed by atoms with E-state index in [0.717, 1.165) is 0 Å². The quantitative estimate of drug-likeness (QED) is 0.726. The third kappa shape index (κ3) is 4.45. The maximum absolute atomic E-state index is 11.2. The Kier molecular flexibility index (Phi) is 5.10. The first-order valence-electron chi connectivity index (χ1n) is 5.17. The molecule has 96 valence electrons. The molecule has 0 aliphatic heterocycles. The molecule has 0 aliphatic carbocycles. The molecule has 1 heterocycles. The normalized spacial score (nSPS) is 11.6. The molecule has 0 radical (unpaired) electrons. The Hall–Kier alpha value is -0.920. The van der Waals surface area contributed by atoms with E-state index in [1.165, 1.54) is 11.3 Å². The molecule has 0 saturated heterocycles. The second-order valence-corrected chi connectivity index (χ2v) is 6.88. The van der Waals surface area contributed by atoms with Crippen LogP contribution in [0.5, 0.6) is 0 Å². The predicted octanol–water partition coefficient (Wildman–Crippen LogP) is 0.971. The van der Waals surface area contributed by atoms with Gasteiger partial charge >= 0.3 is 5.97 Å². The van der Waals surface area contributed by atoms with Gasteiger partial charge in [-0.3, -0.25) is 0 Å². The van der Waals surface area contributed by atoms with Gasteiger partial charge in [-0.25, -0.2) is 13.2 Å². The monoisotopic (exact) mass is 277 g/mol. The zero-order valence-corrected chi connectivity index (χ0v) is 11.1. The molecule has 0 aromatic carbocycles. The standard InChI is InChI=1S/C10H15NO4S2/c1-2-17(14,15)6-4-11-7-8-3-5-16-9(8)10(12)13/h3,5,11H,2,4,6-7H2,1H3,(H,12,13). The SMILES string of the molecule is CCS(=O)(=O)CCNCc1ccsc1C(=O)O. The Bertz CT molecular complexity index is 478. The summed E-state index contributed by atoms with van der Waals surface area (Å²) < 4.78 is 22.4. The fraction of sp³-hybridized carbons (Fsp3) is 0.500. The van der Waals surface area contributed by atoms with E-state index >= 15 is 0 Å². The van der Waals surface area contributed by atoms with Gasteiger partial charge in [0.1, 0.15) is 4.88 Å². The van der Waals surface area contributed by atoms with Crippen molar-refractivity contribution in [1.82, 2.24) is 5.32 Å². The number of carboxylic acids is 1. The van der Waals surface area contributed by atoms with Gasteiger partial charge < -0.3 is 10.4 Å². The van der Waals surface area contributed by atoms with Gasteiger partial charge in [0.05, 0.1) is 5.75 Å². The molecule has 1 rings (SSSR count). The van der Waals surface area contributed by atoms with E-state index in [1.54, 1.807) is 18.4 Å². The first kappa shape index (κ1) is 14.1. The maximum Gasteiger partial charge on any atom is 0.346 e. The largest absolute Gasteiger partial charge is 0.477 e. The number of thiophene rings is 1. The summed E-state index contributed by atoms with van der Waals surface area (Å²) in [6.07, 6.45) is 0. The van der Waals surface area contributed by atoms with Crippen LogP contribution in [0, 0.1) is 0 Å². The van der Waals surface area contributed by atoms with Crippen LogP contribution in [0.1, 0.15) is 22.2 Å². The second kappa shape index (κ2) is 6.13. The summed E-state index contributed by atoms with van der Waals surface area (Å²) in [6.45, 7) is 2.33. The van der Waals surface area contributed by atoms with Gasteiger partial charge in [-0.1, -0.05) is 6.92 Å². The van der Waals surface area contributed by atoms with E-state index < -0.39 is 15.8 Å². The summed E-state index contributed by atoms with van der Waals surface area (Å²) in [7, 11) is -2.96. The molecular weight excluding hydrogens is 262 g/mol. The Morgan fingerprint density at radius 1 is 1.53 bits per heavy atom. The molecule has 1 aromatic heterocycles. The molecule has 0 bridgehead atoms. The average Bonchev–Trinajstić information content (AvgIpc) is 2.73. The Morgan fingerprint density at radius 3 is 2.82 bits per heavy atom. The molecule has 0 saturated carbocycles. The van der Waals surface area contributed by atoms with Crippen molar-refractivity contribution in [1.29, 1.82) is 0 Å². The second-order valence-electron chi connectivity index (χ2n) is 3.49. The number of carboxylic acid groups (broad SMARTS) is 1. The van der Waals surface area contributed by atoms with Crippen LogP contribution >= 0.6 is 11.3 Å². The van der Waals surface area contributed by atoms with Gasteiger partial charge in [0.2, 0.25) is 0 Å². The van der Waals surface area contributed by atoms with Crippen LogP contribution in [-0.4, -0.2) is 37.5 Å². The zero-order chi connectivity index (χ0) is 12.9. The number of nitrogens with one attached hydrogen (secondary N) is 1. The minimum atomic E-state index is -2.96. The van der Waals surface area contributed by atoms with Crippen LogP contribution in [0.25, 0.3) is 0 Å². The molecule has 7 heteroatoms. The molecule has 0 fully saturated rings. The molecular formula is C10H15NO4S2. The third-order valence-electron chi connectivity index (χ3n) is 2.29. The highest BCUT2D eigenvalue weighted by Gasteiger charge is 2.11. The van der Waals surface area contributed by atoms with Gasteiger partial charge in [-0.05, 0) is 17.0 Å². The first-order valence-corrected chi connectivity index (χ1v) is 7.87. The van der Waals surface area contributed by atoms with Crippen LogP contribution in [0.4, 0.5) is 0 Å². The summed E-state index contributed by atoms with van der Waals surface area (Å²) in [5, 5.41) is 13.5. The number of hydrogen-bond donors (Lipinski definition) is 2. The van der Waals surface area contributed by atoms with Gasteiger partial charge in [-0.2, -0.15) is 0 Å². The lowest BCUT2D eigenvalue weighted by atomic mass is 10.2. The van der Waals surface area contributed by atoms with Gasteiger partial charge in [0.25, 0.3) is 0 Å². The molecule has 0 aliphatic rings. The lowest BCUT2D eigenvalue weighted by Crippen LogP contribution is -2.23. The Morgan fingerprint density at radius 2 is 2.24 bits per heavy atom. The van der Waals surface area contributed by atoms with Gasteiger partial charge in [0, 0.05) is 18.8 Å². The highest BCUT2D eigenvalue weighted by atomic mass is 32.2. The molecule has 0 unspecified atom stereocenters. The fourth-order valence-electron chi connectivity index (χ4n) is 1.26. The number of sulfone groups is 1. The lowest BCUT2D eigenvalue weighted by Gasteiger charge is -2.04.